The predicted molar refractivity (Wildman–Crippen MR) is 152 cm³/mol. The summed E-state index contributed by atoms with van der Waals surface area (Å²) in [5, 5.41) is 21.1. The van der Waals surface area contributed by atoms with E-state index < -0.39 is 17.2 Å². The molecular weight excluding hydrogens is 492 g/mol. The van der Waals surface area contributed by atoms with Gasteiger partial charge in [0.05, 0.1) is 24.6 Å². The van der Waals surface area contributed by atoms with E-state index in [0.29, 0.717) is 28.7 Å². The van der Waals surface area contributed by atoms with Gasteiger partial charge in [0.15, 0.2) is 17.3 Å². The van der Waals surface area contributed by atoms with E-state index in [2.05, 4.69) is 0 Å². The number of ketones is 1. The van der Waals surface area contributed by atoms with Crippen molar-refractivity contribution in [2.75, 3.05) is 13.7 Å². The first kappa shape index (κ1) is 28.7. The summed E-state index contributed by atoms with van der Waals surface area (Å²) in [5.74, 6) is 1.12. The molecule has 1 aliphatic rings. The Bertz CT molecular complexity index is 1310. The zero-order valence-corrected chi connectivity index (χ0v) is 23.5. The van der Waals surface area contributed by atoms with E-state index in [0.717, 1.165) is 35.2 Å². The number of aryl methyl sites for hydroxylation is 1. The molecule has 1 heterocycles. The average Bonchev–Trinajstić information content (AvgIpc) is 3.77. The number of aliphatic hydroxyl groups excluding tert-OH is 1. The lowest BCUT2D eigenvalue weighted by atomic mass is 9.84. The fourth-order valence-corrected chi connectivity index (χ4v) is 4.71. The highest BCUT2D eigenvalue weighted by atomic mass is 16.5. The molecule has 3 unspecified atom stereocenters. The molecule has 0 amide bonds. The molecule has 1 saturated carbocycles. The average molecular weight is 533 g/mol. The summed E-state index contributed by atoms with van der Waals surface area (Å²) in [6.07, 6.45) is 1.84. The summed E-state index contributed by atoms with van der Waals surface area (Å²) in [6, 6.07) is 17.0. The molecule has 1 fully saturated rings. The minimum atomic E-state index is -1.35. The van der Waals surface area contributed by atoms with E-state index in [1.54, 1.807) is 32.0 Å². The van der Waals surface area contributed by atoms with Crippen LogP contribution in [0.1, 0.15) is 73.6 Å². The van der Waals surface area contributed by atoms with Gasteiger partial charge in [-0.15, -0.1) is 0 Å². The van der Waals surface area contributed by atoms with Gasteiger partial charge in [-0.1, -0.05) is 29.8 Å². The summed E-state index contributed by atoms with van der Waals surface area (Å²) in [4.78, 5) is 18.0. The van der Waals surface area contributed by atoms with Crippen LogP contribution in [-0.4, -0.2) is 40.8 Å². The van der Waals surface area contributed by atoms with E-state index in [9.17, 15) is 15.0 Å². The first-order valence-electron chi connectivity index (χ1n) is 13.5. The largest absolute Gasteiger partial charge is 0.493 e. The van der Waals surface area contributed by atoms with Gasteiger partial charge in [-0.05, 0) is 88.8 Å². The predicted octanol–water partition coefficient (Wildman–Crippen LogP) is 5.28. The molecule has 0 saturated heterocycles. The van der Waals surface area contributed by atoms with Crippen LogP contribution < -0.4 is 15.2 Å². The van der Waals surface area contributed by atoms with Crippen molar-refractivity contribution in [3.63, 3.8) is 0 Å². The normalized spacial score (nSPS) is 17.1. The number of hydrogen-bond acceptors (Lipinski definition) is 7. The maximum absolute atomic E-state index is 13.1. The molecule has 2 aromatic carbocycles. The quantitative estimate of drug-likeness (QED) is 0.272. The van der Waals surface area contributed by atoms with Gasteiger partial charge in [0.2, 0.25) is 0 Å². The number of nitrogens with zero attached hydrogens (tertiary/aromatic N) is 1. The number of methoxy groups -OCH3 is 1. The number of benzene rings is 2. The SMILES string of the molecule is COc1cc(C(=O)CCC(C)(O)c2cc(C(C)(N)C3CC3)cc(-c3ccc(C)cc3)n2)ccc1OCC(C)O. The van der Waals surface area contributed by atoms with Crippen LogP contribution in [0.3, 0.4) is 0 Å². The maximum Gasteiger partial charge on any atom is 0.163 e. The molecule has 208 valence electrons. The number of aromatic nitrogens is 1. The number of Topliss-reactive ketones (excluding diaryl/α,β-unsaturated/α-hetero) is 1. The minimum absolute atomic E-state index is 0.109. The Labute approximate surface area is 231 Å². The molecule has 0 aliphatic heterocycles. The second-order valence-corrected chi connectivity index (χ2v) is 11.3. The van der Waals surface area contributed by atoms with Crippen molar-refractivity contribution in [1.29, 1.82) is 0 Å². The molecule has 4 rings (SSSR count). The van der Waals surface area contributed by atoms with E-state index >= 15 is 0 Å². The molecule has 0 bridgehead atoms. The standard InChI is InChI=1S/C32H40N2O5/c1-20-6-8-22(9-7-20)26-17-25(32(4,33)24-11-12-24)18-30(34-26)31(3,37)15-14-27(36)23-10-13-28(29(16-23)38-5)39-19-21(2)35/h6-10,13,16-18,21,24,35,37H,11-12,14-15,19,33H2,1-5H3. The topological polar surface area (TPSA) is 115 Å². The molecule has 1 aliphatic carbocycles. The number of carbonyl (C=O) groups excluding carboxylic acids is 1. The third-order valence-electron chi connectivity index (χ3n) is 7.58. The van der Waals surface area contributed by atoms with Crippen LogP contribution in [0, 0.1) is 12.8 Å². The third-order valence-corrected chi connectivity index (χ3v) is 7.58. The van der Waals surface area contributed by atoms with Gasteiger partial charge in [0, 0.05) is 23.1 Å². The lowest BCUT2D eigenvalue weighted by molar-refractivity contribution is 0.0396. The Morgan fingerprint density at radius 2 is 1.79 bits per heavy atom. The third kappa shape index (κ3) is 6.85. The van der Waals surface area contributed by atoms with Gasteiger partial charge in [0.1, 0.15) is 12.2 Å². The van der Waals surface area contributed by atoms with Crippen LogP contribution in [0.4, 0.5) is 0 Å². The molecular formula is C32H40N2O5. The lowest BCUT2D eigenvalue weighted by Crippen LogP contribution is -2.36. The monoisotopic (exact) mass is 532 g/mol. The van der Waals surface area contributed by atoms with Crippen molar-refractivity contribution < 1.29 is 24.5 Å². The van der Waals surface area contributed by atoms with Gasteiger partial charge >= 0.3 is 0 Å². The van der Waals surface area contributed by atoms with Crippen LogP contribution in [0.25, 0.3) is 11.3 Å². The number of rotatable bonds is 12. The van der Waals surface area contributed by atoms with Gasteiger partial charge in [-0.25, -0.2) is 4.98 Å². The highest BCUT2D eigenvalue weighted by Crippen LogP contribution is 2.45. The highest BCUT2D eigenvalue weighted by Gasteiger charge is 2.41. The second-order valence-electron chi connectivity index (χ2n) is 11.3. The smallest absolute Gasteiger partial charge is 0.163 e. The van der Waals surface area contributed by atoms with Crippen molar-refractivity contribution in [1.82, 2.24) is 4.98 Å². The number of carbonyl (C=O) groups is 1. The number of ether oxygens (including phenoxy) is 2. The first-order chi connectivity index (χ1) is 18.4. The molecule has 3 atom stereocenters. The highest BCUT2D eigenvalue weighted by molar-refractivity contribution is 5.96. The van der Waals surface area contributed by atoms with Crippen molar-refractivity contribution in [2.24, 2.45) is 11.7 Å². The summed E-state index contributed by atoms with van der Waals surface area (Å²) < 4.78 is 11.0. The molecule has 7 heteroatoms. The second kappa shape index (κ2) is 11.5. The Morgan fingerprint density at radius 1 is 1.10 bits per heavy atom. The maximum atomic E-state index is 13.1. The molecule has 1 aromatic heterocycles. The fourth-order valence-electron chi connectivity index (χ4n) is 4.71. The van der Waals surface area contributed by atoms with Crippen LogP contribution >= 0.6 is 0 Å². The van der Waals surface area contributed by atoms with Crippen molar-refractivity contribution >= 4 is 5.78 Å². The molecule has 39 heavy (non-hydrogen) atoms. The summed E-state index contributed by atoms with van der Waals surface area (Å²) in [5.41, 5.74) is 9.67. The molecule has 7 nitrogen and oxygen atoms in total. The van der Waals surface area contributed by atoms with Crippen LogP contribution in [-0.2, 0) is 11.1 Å². The molecule has 3 aromatic rings. The molecule has 0 radical (unpaired) electrons. The zero-order chi connectivity index (χ0) is 28.4. The van der Waals surface area contributed by atoms with E-state index in [-0.39, 0.29) is 25.2 Å². The summed E-state index contributed by atoms with van der Waals surface area (Å²) in [6.45, 7) is 7.53. The lowest BCUT2D eigenvalue weighted by Gasteiger charge is -2.29. The van der Waals surface area contributed by atoms with Gasteiger partial charge in [-0.3, -0.25) is 4.79 Å². The van der Waals surface area contributed by atoms with Crippen molar-refractivity contribution in [3.8, 4) is 22.8 Å². The number of pyridine rings is 1. The Hall–Kier alpha value is -3.26. The minimum Gasteiger partial charge on any atom is -0.493 e. The van der Waals surface area contributed by atoms with Crippen molar-refractivity contribution in [3.05, 3.63) is 77.0 Å². The summed E-state index contributed by atoms with van der Waals surface area (Å²) in [7, 11) is 1.50. The van der Waals surface area contributed by atoms with Gasteiger partial charge in [-0.2, -0.15) is 0 Å². The molecule has 0 spiro atoms. The first-order valence-corrected chi connectivity index (χ1v) is 13.5. The summed E-state index contributed by atoms with van der Waals surface area (Å²) >= 11 is 0. The van der Waals surface area contributed by atoms with E-state index in [1.807, 2.05) is 50.2 Å². The van der Waals surface area contributed by atoms with Gasteiger partial charge < -0.3 is 25.4 Å². The fraction of sp³-hybridized carbons (Fsp3) is 0.438. The van der Waals surface area contributed by atoms with E-state index in [4.69, 9.17) is 20.2 Å². The Balaban J connectivity index is 1.57. The Morgan fingerprint density at radius 3 is 2.41 bits per heavy atom. The van der Waals surface area contributed by atoms with Crippen LogP contribution in [0.15, 0.2) is 54.6 Å². The zero-order valence-electron chi connectivity index (χ0n) is 23.5. The van der Waals surface area contributed by atoms with E-state index in [1.165, 1.54) is 7.11 Å². The number of aliphatic hydroxyl groups is 2. The Kier molecular flexibility index (Phi) is 8.45. The number of hydrogen-bond donors (Lipinski definition) is 3. The van der Waals surface area contributed by atoms with Crippen LogP contribution in [0.2, 0.25) is 0 Å². The molecule has 4 N–H and O–H groups in total. The van der Waals surface area contributed by atoms with Gasteiger partial charge in [0.25, 0.3) is 0 Å². The number of nitrogens with two attached hydrogens (primary N) is 1. The van der Waals surface area contributed by atoms with Crippen LogP contribution in [0.5, 0.6) is 11.5 Å². The van der Waals surface area contributed by atoms with Crippen molar-refractivity contribution in [2.45, 2.75) is 70.6 Å².